The highest BCUT2D eigenvalue weighted by molar-refractivity contribution is 7.92. The third kappa shape index (κ3) is 3.98. The summed E-state index contributed by atoms with van der Waals surface area (Å²) < 4.78 is 33.0. The van der Waals surface area contributed by atoms with Gasteiger partial charge in [0.25, 0.3) is 10.0 Å². The number of rotatable bonds is 7. The van der Waals surface area contributed by atoms with Crippen LogP contribution >= 0.6 is 0 Å². The Bertz CT molecular complexity index is 1020. The van der Waals surface area contributed by atoms with Gasteiger partial charge in [0.2, 0.25) is 0 Å². The van der Waals surface area contributed by atoms with Gasteiger partial charge in [0, 0.05) is 18.0 Å². The van der Waals surface area contributed by atoms with Crippen LogP contribution in [0.2, 0.25) is 0 Å². The second kappa shape index (κ2) is 8.01. The largest absolute Gasteiger partial charge is 0.497 e. The fourth-order valence-electron chi connectivity index (χ4n) is 2.65. The van der Waals surface area contributed by atoms with E-state index in [1.807, 2.05) is 0 Å². The molecule has 0 saturated carbocycles. The molecule has 0 fully saturated rings. The summed E-state index contributed by atoms with van der Waals surface area (Å²) in [6.45, 7) is 0.0487. The molecule has 0 aliphatic rings. The van der Waals surface area contributed by atoms with Gasteiger partial charge in [-0.15, -0.1) is 0 Å². The summed E-state index contributed by atoms with van der Waals surface area (Å²) in [6.07, 6.45) is 3.86. The average molecular weight is 382 g/mol. The lowest BCUT2D eigenvalue weighted by Crippen LogP contribution is -2.31. The van der Waals surface area contributed by atoms with Crippen LogP contribution < -0.4 is 9.04 Å². The van der Waals surface area contributed by atoms with Crippen molar-refractivity contribution in [2.24, 2.45) is 0 Å². The van der Waals surface area contributed by atoms with Crippen LogP contribution in [0.5, 0.6) is 5.75 Å². The number of pyridine rings is 1. The predicted molar refractivity (Wildman–Crippen MR) is 102 cm³/mol. The molecule has 27 heavy (non-hydrogen) atoms. The molecule has 7 heteroatoms. The predicted octanol–water partition coefficient (Wildman–Crippen LogP) is 3.30. The van der Waals surface area contributed by atoms with E-state index in [0.717, 1.165) is 0 Å². The Hall–Kier alpha value is -3.19. The van der Waals surface area contributed by atoms with Crippen molar-refractivity contribution in [3.63, 3.8) is 0 Å². The molecule has 0 atom stereocenters. The number of hydrogen-bond donors (Lipinski definition) is 0. The number of hydrogen-bond acceptors (Lipinski definition) is 5. The van der Waals surface area contributed by atoms with Crippen LogP contribution in [0.1, 0.15) is 15.9 Å². The Balaban J connectivity index is 2.11. The van der Waals surface area contributed by atoms with Crippen molar-refractivity contribution in [1.29, 1.82) is 0 Å². The van der Waals surface area contributed by atoms with Crippen LogP contribution in [0.25, 0.3) is 0 Å². The van der Waals surface area contributed by atoms with Crippen molar-refractivity contribution in [1.82, 2.24) is 4.98 Å². The number of sulfonamides is 1. The van der Waals surface area contributed by atoms with Gasteiger partial charge in [0.1, 0.15) is 5.75 Å². The molecule has 1 aromatic heterocycles. The second-order valence-electron chi connectivity index (χ2n) is 5.73. The topological polar surface area (TPSA) is 76.6 Å². The van der Waals surface area contributed by atoms with Gasteiger partial charge >= 0.3 is 0 Å². The third-order valence-electron chi connectivity index (χ3n) is 4.03. The van der Waals surface area contributed by atoms with Gasteiger partial charge in [-0.2, -0.15) is 0 Å². The Morgan fingerprint density at radius 1 is 1.04 bits per heavy atom. The second-order valence-corrected chi connectivity index (χ2v) is 7.59. The molecule has 0 unspecified atom stereocenters. The Morgan fingerprint density at radius 2 is 1.78 bits per heavy atom. The molecule has 0 aliphatic heterocycles. The first-order valence-electron chi connectivity index (χ1n) is 8.16. The molecule has 3 aromatic rings. The molecule has 3 rings (SSSR count). The molecule has 0 bridgehead atoms. The van der Waals surface area contributed by atoms with Gasteiger partial charge in [-0.25, -0.2) is 8.42 Å². The first-order valence-corrected chi connectivity index (χ1v) is 9.60. The van der Waals surface area contributed by atoms with Gasteiger partial charge in [0.15, 0.2) is 6.29 Å². The number of carbonyl (C=O) groups is 1. The molecule has 138 valence electrons. The Labute approximate surface area is 158 Å². The fraction of sp³-hybridized carbons (Fsp3) is 0.100. The summed E-state index contributed by atoms with van der Waals surface area (Å²) in [5.41, 5.74) is 1.31. The highest BCUT2D eigenvalue weighted by atomic mass is 32.2. The Morgan fingerprint density at radius 3 is 2.41 bits per heavy atom. The van der Waals surface area contributed by atoms with Gasteiger partial charge in [-0.1, -0.05) is 18.2 Å². The maximum atomic E-state index is 13.4. The van der Waals surface area contributed by atoms with E-state index >= 15 is 0 Å². The van der Waals surface area contributed by atoms with E-state index < -0.39 is 10.0 Å². The molecular formula is C20H18N2O4S. The van der Waals surface area contributed by atoms with Crippen LogP contribution in [0.4, 0.5) is 5.69 Å². The molecule has 0 aliphatic carbocycles. The summed E-state index contributed by atoms with van der Waals surface area (Å²) in [6, 6.07) is 16.2. The molecular weight excluding hydrogens is 364 g/mol. The molecule has 0 saturated heterocycles. The summed E-state index contributed by atoms with van der Waals surface area (Å²) in [5.74, 6) is 0.557. The lowest BCUT2D eigenvalue weighted by Gasteiger charge is -2.25. The van der Waals surface area contributed by atoms with Crippen LogP contribution in [0, 0.1) is 0 Å². The number of ether oxygens (including phenoxy) is 1. The molecule has 0 amide bonds. The van der Waals surface area contributed by atoms with Crippen molar-refractivity contribution >= 4 is 22.0 Å². The van der Waals surface area contributed by atoms with Gasteiger partial charge in [-0.3, -0.25) is 14.1 Å². The molecule has 6 nitrogen and oxygen atoms in total. The molecule has 0 N–H and O–H groups in total. The summed E-state index contributed by atoms with van der Waals surface area (Å²) >= 11 is 0. The zero-order valence-electron chi connectivity index (χ0n) is 14.6. The van der Waals surface area contributed by atoms with E-state index in [1.165, 1.54) is 23.5 Å². The van der Waals surface area contributed by atoms with Crippen molar-refractivity contribution in [2.45, 2.75) is 11.4 Å². The minimum absolute atomic E-state index is 0.0487. The van der Waals surface area contributed by atoms with Crippen LogP contribution in [0.15, 0.2) is 78.0 Å². The SMILES string of the molecule is COc1ccc(S(=O)(=O)N(Cc2cccnc2)c2ccccc2C=O)cc1. The van der Waals surface area contributed by atoms with Gasteiger partial charge in [0.05, 0.1) is 24.2 Å². The first kappa shape index (κ1) is 18.6. The zero-order valence-corrected chi connectivity index (χ0v) is 15.5. The number of anilines is 1. The number of para-hydroxylation sites is 1. The summed E-state index contributed by atoms with van der Waals surface area (Å²) in [5, 5.41) is 0. The number of carbonyl (C=O) groups excluding carboxylic acids is 1. The average Bonchev–Trinajstić information content (AvgIpc) is 2.72. The highest BCUT2D eigenvalue weighted by Gasteiger charge is 2.27. The highest BCUT2D eigenvalue weighted by Crippen LogP contribution is 2.29. The monoisotopic (exact) mass is 382 g/mol. The van der Waals surface area contributed by atoms with Crippen LogP contribution in [0.3, 0.4) is 0 Å². The number of nitrogens with zero attached hydrogens (tertiary/aromatic N) is 2. The smallest absolute Gasteiger partial charge is 0.264 e. The quantitative estimate of drug-likeness (QED) is 0.586. The Kier molecular flexibility index (Phi) is 5.52. The van der Waals surface area contributed by atoms with Crippen molar-refractivity contribution in [3.05, 3.63) is 84.2 Å². The van der Waals surface area contributed by atoms with E-state index in [-0.39, 0.29) is 11.4 Å². The van der Waals surface area contributed by atoms with E-state index in [2.05, 4.69) is 4.98 Å². The van der Waals surface area contributed by atoms with E-state index in [1.54, 1.807) is 60.9 Å². The number of aldehydes is 1. The van der Waals surface area contributed by atoms with Gasteiger partial charge in [-0.05, 0) is 48.0 Å². The first-order chi connectivity index (χ1) is 13.1. The van der Waals surface area contributed by atoms with Crippen molar-refractivity contribution in [2.75, 3.05) is 11.4 Å². The maximum Gasteiger partial charge on any atom is 0.264 e. The zero-order chi connectivity index (χ0) is 19.3. The molecule has 2 aromatic carbocycles. The van der Waals surface area contributed by atoms with Crippen molar-refractivity contribution < 1.29 is 17.9 Å². The molecule has 0 radical (unpaired) electrons. The fourth-order valence-corrected chi connectivity index (χ4v) is 4.13. The van der Waals surface area contributed by atoms with Crippen LogP contribution in [-0.2, 0) is 16.6 Å². The molecule has 1 heterocycles. The van der Waals surface area contributed by atoms with E-state index in [4.69, 9.17) is 4.74 Å². The van der Waals surface area contributed by atoms with Crippen LogP contribution in [-0.4, -0.2) is 26.8 Å². The lowest BCUT2D eigenvalue weighted by molar-refractivity contribution is 0.112. The minimum atomic E-state index is -3.92. The summed E-state index contributed by atoms with van der Waals surface area (Å²) in [4.78, 5) is 15.6. The normalized spacial score (nSPS) is 11.0. The molecule has 0 spiro atoms. The van der Waals surface area contributed by atoms with E-state index in [0.29, 0.717) is 28.8 Å². The number of aromatic nitrogens is 1. The van der Waals surface area contributed by atoms with Crippen molar-refractivity contribution in [3.8, 4) is 5.75 Å². The number of methoxy groups -OCH3 is 1. The lowest BCUT2D eigenvalue weighted by atomic mass is 10.2. The van der Waals surface area contributed by atoms with E-state index in [9.17, 15) is 13.2 Å². The summed E-state index contributed by atoms with van der Waals surface area (Å²) in [7, 11) is -2.41. The standard InChI is InChI=1S/C20H18N2O4S/c1-26-18-8-10-19(11-9-18)27(24,25)22(14-16-5-4-12-21-13-16)20-7-3-2-6-17(20)15-23/h2-13,15H,14H2,1H3. The van der Waals surface area contributed by atoms with Gasteiger partial charge < -0.3 is 4.74 Å². The number of benzene rings is 2. The maximum absolute atomic E-state index is 13.4. The third-order valence-corrected chi connectivity index (χ3v) is 5.80. The minimum Gasteiger partial charge on any atom is -0.497 e.